The highest BCUT2D eigenvalue weighted by Crippen LogP contribution is 2.40. The van der Waals surface area contributed by atoms with Crippen LogP contribution in [0.2, 0.25) is 0 Å². The number of esters is 1. The molecule has 0 saturated heterocycles. The zero-order valence-electron chi connectivity index (χ0n) is 18.8. The van der Waals surface area contributed by atoms with Crippen LogP contribution in [0.1, 0.15) is 43.7 Å². The van der Waals surface area contributed by atoms with Crippen molar-refractivity contribution in [3.8, 4) is 0 Å². The number of nitrogens with zero attached hydrogens (tertiary/aromatic N) is 1. The Labute approximate surface area is 201 Å². The number of carbonyl (C=O) groups is 3. The lowest BCUT2D eigenvalue weighted by Gasteiger charge is -2.35. The summed E-state index contributed by atoms with van der Waals surface area (Å²) in [6.45, 7) is 1.34. The number of carbonyl (C=O) groups excluding carboxylic acids is 3. The Morgan fingerprint density at radius 3 is 2.53 bits per heavy atom. The van der Waals surface area contributed by atoms with Crippen LogP contribution in [0, 0.1) is 5.92 Å². The molecule has 0 amide bonds. The van der Waals surface area contributed by atoms with Crippen molar-refractivity contribution in [3.05, 3.63) is 81.7 Å². The minimum absolute atomic E-state index is 0.0627. The normalized spacial score (nSPS) is 22.8. The number of benzene rings is 1. The van der Waals surface area contributed by atoms with Gasteiger partial charge in [-0.2, -0.15) is 11.3 Å². The van der Waals surface area contributed by atoms with Crippen molar-refractivity contribution in [1.29, 1.82) is 0 Å². The Bertz CT molecular complexity index is 1230. The van der Waals surface area contributed by atoms with Crippen LogP contribution < -0.4 is 4.90 Å². The van der Waals surface area contributed by atoms with Crippen LogP contribution in [0.3, 0.4) is 0 Å². The molecule has 1 unspecified atom stereocenters. The predicted octanol–water partition coefficient (Wildman–Crippen LogP) is 4.56. The van der Waals surface area contributed by atoms with E-state index in [1.807, 2.05) is 52.1 Å². The van der Waals surface area contributed by atoms with Gasteiger partial charge in [-0.15, -0.1) is 0 Å². The minimum Gasteiger partial charge on any atom is -0.442 e. The number of thiophene rings is 1. The summed E-state index contributed by atoms with van der Waals surface area (Å²) in [6, 6.07) is 9.36. The number of ketones is 2. The first-order chi connectivity index (χ1) is 16.4. The van der Waals surface area contributed by atoms with Crippen molar-refractivity contribution in [2.24, 2.45) is 5.92 Å². The molecule has 3 aliphatic rings. The van der Waals surface area contributed by atoms with Crippen molar-refractivity contribution >= 4 is 40.3 Å². The first-order valence-corrected chi connectivity index (χ1v) is 12.3. The number of Topliss-reactive ketones (excluding diaryl/α,β-unsaturated/α-hetero) is 1. The third-order valence-corrected chi connectivity index (χ3v) is 7.45. The maximum Gasteiger partial charge on any atom is 0.310 e. The first-order valence-electron chi connectivity index (χ1n) is 11.4. The van der Waals surface area contributed by atoms with Crippen LogP contribution >= 0.6 is 11.3 Å². The number of ether oxygens (including phenoxy) is 1. The lowest BCUT2D eigenvalue weighted by Crippen LogP contribution is -2.51. The van der Waals surface area contributed by atoms with E-state index in [2.05, 4.69) is 0 Å². The summed E-state index contributed by atoms with van der Waals surface area (Å²) < 4.78 is 5.62. The van der Waals surface area contributed by atoms with Gasteiger partial charge in [-0.25, -0.2) is 0 Å². The average Bonchev–Trinajstić information content (AvgIpc) is 3.57. The highest BCUT2D eigenvalue weighted by molar-refractivity contribution is 7.08. The molecule has 1 aromatic heterocycles. The van der Waals surface area contributed by atoms with Gasteiger partial charge in [0.05, 0.1) is 18.2 Å². The monoisotopic (exact) mass is 475 g/mol. The molecule has 1 atom stereocenters. The van der Waals surface area contributed by atoms with E-state index in [-0.39, 0.29) is 12.5 Å². The molecular weight excluding hydrogens is 450 g/mol. The molecule has 1 N–H and O–H groups in total. The molecule has 2 aliphatic carbocycles. The number of hydrogen-bond donors (Lipinski definition) is 1. The van der Waals surface area contributed by atoms with Crippen LogP contribution in [0.15, 0.2) is 70.6 Å². The van der Waals surface area contributed by atoms with Crippen molar-refractivity contribution < 1.29 is 24.2 Å². The fraction of sp³-hybridized carbons (Fsp3) is 0.296. The summed E-state index contributed by atoms with van der Waals surface area (Å²) in [5, 5.41) is 13.4. The molecule has 2 aromatic rings. The van der Waals surface area contributed by atoms with Crippen molar-refractivity contribution in [1.82, 2.24) is 0 Å². The lowest BCUT2D eigenvalue weighted by molar-refractivity contribution is -0.172. The summed E-state index contributed by atoms with van der Waals surface area (Å²) in [7, 11) is 0. The van der Waals surface area contributed by atoms with E-state index in [0.29, 0.717) is 11.1 Å². The maximum absolute atomic E-state index is 13.6. The van der Waals surface area contributed by atoms with E-state index in [0.717, 1.165) is 48.2 Å². The second-order valence-electron chi connectivity index (χ2n) is 9.01. The van der Waals surface area contributed by atoms with Crippen LogP contribution in [-0.4, -0.2) is 28.2 Å². The highest BCUT2D eigenvalue weighted by Gasteiger charge is 2.50. The summed E-state index contributed by atoms with van der Waals surface area (Å²) >= 11 is 1.55. The summed E-state index contributed by atoms with van der Waals surface area (Å²) in [5.41, 5.74) is 2.32. The number of hydrogen-bond acceptors (Lipinski definition) is 7. The number of aliphatic hydroxyl groups excluding tert-OH is 1. The number of aliphatic hydroxyl groups is 1. The van der Waals surface area contributed by atoms with E-state index in [9.17, 15) is 19.5 Å². The lowest BCUT2D eigenvalue weighted by atomic mass is 9.79. The van der Waals surface area contributed by atoms with Gasteiger partial charge in [0.2, 0.25) is 17.2 Å². The van der Waals surface area contributed by atoms with Crippen molar-refractivity contribution in [2.45, 2.75) is 44.8 Å². The highest BCUT2D eigenvalue weighted by atomic mass is 32.1. The van der Waals surface area contributed by atoms with E-state index in [1.54, 1.807) is 17.5 Å². The van der Waals surface area contributed by atoms with Gasteiger partial charge >= 0.3 is 5.97 Å². The third-order valence-electron chi connectivity index (χ3n) is 6.76. The Morgan fingerprint density at radius 2 is 1.88 bits per heavy atom. The Hall–Kier alpha value is -3.29. The molecule has 6 nitrogen and oxygen atoms in total. The molecule has 34 heavy (non-hydrogen) atoms. The quantitative estimate of drug-likeness (QED) is 0.504. The molecule has 5 rings (SSSR count). The SMILES string of the molecule is CC1(OC(=O)C2CCCC2)C(=O)C=C2C=C(c3ccsc3)N(c3ccc(CO)cc3)C=C2C1=O. The topological polar surface area (TPSA) is 83.9 Å². The van der Waals surface area contributed by atoms with Gasteiger partial charge < -0.3 is 14.7 Å². The van der Waals surface area contributed by atoms with Gasteiger partial charge in [0.25, 0.3) is 0 Å². The average molecular weight is 476 g/mol. The fourth-order valence-electron chi connectivity index (χ4n) is 4.68. The number of allylic oxidation sites excluding steroid dienone is 2. The molecule has 174 valence electrons. The van der Waals surface area contributed by atoms with Crippen molar-refractivity contribution in [2.75, 3.05) is 4.90 Å². The second-order valence-corrected chi connectivity index (χ2v) is 9.79. The summed E-state index contributed by atoms with van der Waals surface area (Å²) in [4.78, 5) is 41.3. The Morgan fingerprint density at radius 1 is 1.15 bits per heavy atom. The standard InChI is InChI=1S/C27H25NO5S/c1-27(33-26(32)18-4-2-3-5-18)24(30)13-20-12-23(19-10-11-34-16-19)28(14-22(20)25(27)31)21-8-6-17(15-29)7-9-21/h6-14,16,18,29H,2-5,15H2,1H3. The predicted molar refractivity (Wildman–Crippen MR) is 130 cm³/mol. The summed E-state index contributed by atoms with van der Waals surface area (Å²) in [6.07, 6.45) is 8.31. The molecule has 1 saturated carbocycles. The molecule has 1 aliphatic heterocycles. The Balaban J connectivity index is 1.55. The summed E-state index contributed by atoms with van der Waals surface area (Å²) in [5.74, 6) is -1.76. The van der Waals surface area contributed by atoms with E-state index in [4.69, 9.17) is 4.74 Å². The largest absolute Gasteiger partial charge is 0.442 e. The zero-order valence-corrected chi connectivity index (χ0v) is 19.6. The van der Waals surface area contributed by atoms with Crippen LogP contribution in [-0.2, 0) is 25.7 Å². The zero-order chi connectivity index (χ0) is 23.9. The van der Waals surface area contributed by atoms with E-state index < -0.39 is 23.1 Å². The van der Waals surface area contributed by atoms with Gasteiger partial charge in [0, 0.05) is 28.4 Å². The first kappa shape index (κ1) is 22.5. The van der Waals surface area contributed by atoms with Gasteiger partial charge in [-0.05, 0) is 66.6 Å². The molecule has 0 bridgehead atoms. The smallest absolute Gasteiger partial charge is 0.310 e. The molecule has 1 aromatic carbocycles. The molecule has 0 radical (unpaired) electrons. The minimum atomic E-state index is -1.87. The molecule has 2 heterocycles. The van der Waals surface area contributed by atoms with Gasteiger partial charge in [0.15, 0.2) is 0 Å². The van der Waals surface area contributed by atoms with E-state index >= 15 is 0 Å². The molecule has 7 heteroatoms. The van der Waals surface area contributed by atoms with Crippen LogP contribution in [0.5, 0.6) is 0 Å². The number of anilines is 1. The number of rotatable bonds is 5. The molecule has 1 fully saturated rings. The van der Waals surface area contributed by atoms with Crippen LogP contribution in [0.4, 0.5) is 5.69 Å². The fourth-order valence-corrected chi connectivity index (χ4v) is 5.33. The van der Waals surface area contributed by atoms with E-state index in [1.165, 1.54) is 13.0 Å². The number of fused-ring (bicyclic) bond motifs is 1. The van der Waals surface area contributed by atoms with Gasteiger partial charge in [-0.1, -0.05) is 25.0 Å². The Kier molecular flexibility index (Phi) is 5.83. The second kappa shape index (κ2) is 8.81. The van der Waals surface area contributed by atoms with Crippen LogP contribution in [0.25, 0.3) is 5.70 Å². The maximum atomic E-state index is 13.6. The van der Waals surface area contributed by atoms with Gasteiger partial charge in [-0.3, -0.25) is 14.4 Å². The molecular formula is C27H25NO5S. The van der Waals surface area contributed by atoms with Gasteiger partial charge in [0.1, 0.15) is 0 Å². The third kappa shape index (κ3) is 3.85. The van der Waals surface area contributed by atoms with Crippen molar-refractivity contribution in [3.63, 3.8) is 0 Å². The molecule has 0 spiro atoms.